The van der Waals surface area contributed by atoms with E-state index in [1.807, 2.05) is 38.1 Å². The first-order valence-corrected chi connectivity index (χ1v) is 9.78. The van der Waals surface area contributed by atoms with Crippen LogP contribution in [0.5, 0.6) is 6.01 Å². The Kier molecular flexibility index (Phi) is 5.03. The van der Waals surface area contributed by atoms with Gasteiger partial charge in [0.05, 0.1) is 18.8 Å². The SMILES string of the molecule is CC1n2cc([N+](=O)[O-])nc2OC1(C)N1CCC(OCc2ccc(Cl)cc2)CC1. The summed E-state index contributed by atoms with van der Waals surface area (Å²) in [5, 5.41) is 11.7. The van der Waals surface area contributed by atoms with Crippen LogP contribution < -0.4 is 4.74 Å². The van der Waals surface area contributed by atoms with Gasteiger partial charge < -0.3 is 19.6 Å². The Balaban J connectivity index is 1.33. The van der Waals surface area contributed by atoms with E-state index in [2.05, 4.69) is 9.88 Å². The second-order valence-electron chi connectivity index (χ2n) is 7.50. The Labute approximate surface area is 168 Å². The summed E-state index contributed by atoms with van der Waals surface area (Å²) in [6.07, 6.45) is 3.46. The van der Waals surface area contributed by atoms with E-state index in [0.717, 1.165) is 36.5 Å². The topological polar surface area (TPSA) is 82.7 Å². The molecule has 1 aromatic heterocycles. The maximum Gasteiger partial charge on any atom is 0.416 e. The molecule has 0 aliphatic carbocycles. The molecule has 2 unspecified atom stereocenters. The average molecular weight is 407 g/mol. The van der Waals surface area contributed by atoms with Crippen LogP contribution in [0.2, 0.25) is 5.02 Å². The summed E-state index contributed by atoms with van der Waals surface area (Å²) in [7, 11) is 0. The predicted octanol–water partition coefficient (Wildman–Crippen LogP) is 3.80. The lowest BCUT2D eigenvalue weighted by Crippen LogP contribution is -2.55. The monoisotopic (exact) mass is 406 g/mol. The van der Waals surface area contributed by atoms with Gasteiger partial charge in [-0.05, 0) is 49.3 Å². The molecule has 3 heterocycles. The summed E-state index contributed by atoms with van der Waals surface area (Å²) in [6.45, 7) is 6.27. The van der Waals surface area contributed by atoms with Crippen molar-refractivity contribution in [3.05, 3.63) is 51.2 Å². The summed E-state index contributed by atoms with van der Waals surface area (Å²) in [5.41, 5.74) is 0.539. The molecule has 8 nitrogen and oxygen atoms in total. The lowest BCUT2D eigenvalue weighted by molar-refractivity contribution is -0.389. The highest BCUT2D eigenvalue weighted by Gasteiger charge is 2.51. The standard InChI is InChI=1S/C19H23ClN4O4/c1-13-19(2,28-18-21-17(24(25)26)11-23(13)18)22-9-7-16(8-10-22)27-12-14-3-5-15(20)6-4-14/h3-6,11,13,16H,7-10,12H2,1-2H3. The Morgan fingerprint density at radius 1 is 1.36 bits per heavy atom. The molecule has 9 heteroatoms. The number of piperidine rings is 1. The second kappa shape index (κ2) is 7.35. The Hall–Kier alpha value is -2.16. The van der Waals surface area contributed by atoms with Crippen LogP contribution in [0.25, 0.3) is 0 Å². The molecule has 0 amide bonds. The molecule has 2 atom stereocenters. The van der Waals surface area contributed by atoms with Crippen LogP contribution in [0.4, 0.5) is 5.82 Å². The van der Waals surface area contributed by atoms with Gasteiger partial charge in [0.25, 0.3) is 0 Å². The molecular formula is C19H23ClN4O4. The van der Waals surface area contributed by atoms with Gasteiger partial charge in [-0.25, -0.2) is 0 Å². The van der Waals surface area contributed by atoms with Gasteiger partial charge in [0.2, 0.25) is 0 Å². The molecule has 1 fully saturated rings. The number of imidazole rings is 1. The van der Waals surface area contributed by atoms with E-state index in [1.54, 1.807) is 4.57 Å². The van der Waals surface area contributed by atoms with Crippen molar-refractivity contribution in [3.63, 3.8) is 0 Å². The highest BCUT2D eigenvalue weighted by atomic mass is 35.5. The number of hydrogen-bond acceptors (Lipinski definition) is 6. The van der Waals surface area contributed by atoms with Gasteiger partial charge in [0.1, 0.15) is 6.20 Å². The molecule has 0 bridgehead atoms. The lowest BCUT2D eigenvalue weighted by Gasteiger charge is -2.43. The molecule has 4 rings (SSSR count). The highest BCUT2D eigenvalue weighted by Crippen LogP contribution is 2.42. The molecule has 2 aromatic rings. The normalized spacial score (nSPS) is 25.5. The second-order valence-corrected chi connectivity index (χ2v) is 7.94. The Morgan fingerprint density at radius 2 is 2.04 bits per heavy atom. The van der Waals surface area contributed by atoms with E-state index in [0.29, 0.717) is 12.6 Å². The van der Waals surface area contributed by atoms with Gasteiger partial charge in [-0.2, -0.15) is 0 Å². The Bertz CT molecular complexity index is 863. The number of fused-ring (bicyclic) bond motifs is 1. The smallest absolute Gasteiger partial charge is 0.416 e. The van der Waals surface area contributed by atoms with Crippen molar-refractivity contribution in [2.24, 2.45) is 0 Å². The highest BCUT2D eigenvalue weighted by molar-refractivity contribution is 6.30. The number of nitro groups is 1. The molecule has 0 radical (unpaired) electrons. The number of rotatable bonds is 5. The van der Waals surface area contributed by atoms with Crippen molar-refractivity contribution in [3.8, 4) is 6.01 Å². The zero-order valence-corrected chi connectivity index (χ0v) is 16.6. The first kappa shape index (κ1) is 19.2. The minimum Gasteiger partial charge on any atom is -0.422 e. The van der Waals surface area contributed by atoms with Crippen LogP contribution in [-0.2, 0) is 11.3 Å². The molecule has 1 saturated heterocycles. The van der Waals surface area contributed by atoms with Gasteiger partial charge in [-0.15, -0.1) is 0 Å². The summed E-state index contributed by atoms with van der Waals surface area (Å²) in [6, 6.07) is 7.94. The molecule has 2 aliphatic rings. The number of halogens is 1. The zero-order chi connectivity index (χ0) is 19.9. The van der Waals surface area contributed by atoms with Crippen molar-refractivity contribution in [2.75, 3.05) is 13.1 Å². The third kappa shape index (κ3) is 3.47. The van der Waals surface area contributed by atoms with E-state index < -0.39 is 10.6 Å². The van der Waals surface area contributed by atoms with E-state index >= 15 is 0 Å². The molecular weight excluding hydrogens is 384 g/mol. The van der Waals surface area contributed by atoms with Gasteiger partial charge in [0.15, 0.2) is 5.72 Å². The minimum absolute atomic E-state index is 0.0739. The molecule has 0 N–H and O–H groups in total. The number of nitrogens with zero attached hydrogens (tertiary/aromatic N) is 4. The van der Waals surface area contributed by atoms with Crippen LogP contribution in [-0.4, -0.2) is 44.3 Å². The largest absolute Gasteiger partial charge is 0.422 e. The van der Waals surface area contributed by atoms with Gasteiger partial charge in [-0.3, -0.25) is 9.47 Å². The van der Waals surface area contributed by atoms with E-state index in [-0.39, 0.29) is 18.0 Å². The molecule has 150 valence electrons. The average Bonchev–Trinajstić information content (AvgIpc) is 3.20. The quantitative estimate of drug-likeness (QED) is 0.554. The fourth-order valence-electron chi connectivity index (χ4n) is 3.92. The summed E-state index contributed by atoms with van der Waals surface area (Å²) in [5.74, 6) is -0.182. The Morgan fingerprint density at radius 3 is 2.64 bits per heavy atom. The molecule has 0 saturated carbocycles. The molecule has 0 spiro atoms. The fourth-order valence-corrected chi connectivity index (χ4v) is 4.05. The van der Waals surface area contributed by atoms with Gasteiger partial charge >= 0.3 is 11.8 Å². The summed E-state index contributed by atoms with van der Waals surface area (Å²) >= 11 is 5.92. The zero-order valence-electron chi connectivity index (χ0n) is 15.9. The van der Waals surface area contributed by atoms with Crippen LogP contribution in [0.1, 0.15) is 38.3 Å². The van der Waals surface area contributed by atoms with E-state index in [1.165, 1.54) is 6.20 Å². The van der Waals surface area contributed by atoms with Crippen LogP contribution in [0.15, 0.2) is 30.5 Å². The summed E-state index contributed by atoms with van der Waals surface area (Å²) in [4.78, 5) is 16.7. The summed E-state index contributed by atoms with van der Waals surface area (Å²) < 4.78 is 13.9. The minimum atomic E-state index is -0.571. The van der Waals surface area contributed by atoms with Crippen molar-refractivity contribution >= 4 is 17.4 Å². The fraction of sp³-hybridized carbons (Fsp3) is 0.526. The van der Waals surface area contributed by atoms with Crippen molar-refractivity contribution in [1.82, 2.24) is 14.5 Å². The molecule has 1 aromatic carbocycles. The van der Waals surface area contributed by atoms with E-state index in [4.69, 9.17) is 21.1 Å². The number of aromatic nitrogens is 2. The van der Waals surface area contributed by atoms with Crippen LogP contribution in [0.3, 0.4) is 0 Å². The third-order valence-electron chi connectivity index (χ3n) is 5.83. The maximum atomic E-state index is 10.9. The van der Waals surface area contributed by atoms with E-state index in [9.17, 15) is 10.1 Å². The number of ether oxygens (including phenoxy) is 2. The molecule has 2 aliphatic heterocycles. The van der Waals surface area contributed by atoms with Crippen LogP contribution in [0, 0.1) is 10.1 Å². The number of benzene rings is 1. The van der Waals surface area contributed by atoms with Crippen molar-refractivity contribution in [1.29, 1.82) is 0 Å². The van der Waals surface area contributed by atoms with Crippen LogP contribution >= 0.6 is 11.6 Å². The van der Waals surface area contributed by atoms with Gasteiger partial charge in [0, 0.05) is 23.1 Å². The lowest BCUT2D eigenvalue weighted by atomic mass is 10.00. The maximum absolute atomic E-state index is 10.9. The van der Waals surface area contributed by atoms with Gasteiger partial charge in [-0.1, -0.05) is 23.7 Å². The number of likely N-dealkylation sites (tertiary alicyclic amines) is 1. The predicted molar refractivity (Wildman–Crippen MR) is 103 cm³/mol. The first-order chi connectivity index (χ1) is 13.4. The molecule has 28 heavy (non-hydrogen) atoms. The van der Waals surface area contributed by atoms with Crippen molar-refractivity contribution in [2.45, 2.75) is 51.2 Å². The number of hydrogen-bond donors (Lipinski definition) is 0. The first-order valence-electron chi connectivity index (χ1n) is 9.40. The van der Waals surface area contributed by atoms with Crippen molar-refractivity contribution < 1.29 is 14.4 Å². The third-order valence-corrected chi connectivity index (χ3v) is 6.08.